The Morgan fingerprint density at radius 2 is 0.814 bits per heavy atom. The van der Waals surface area contributed by atoms with Crippen LogP contribution in [0, 0.1) is 0 Å². The minimum atomic E-state index is 0.926. The van der Waals surface area contributed by atoms with Crippen LogP contribution in [-0.2, 0) is 0 Å². The lowest BCUT2D eigenvalue weighted by Crippen LogP contribution is -1.91. The fourth-order valence-electron chi connectivity index (χ4n) is 7.00. The summed E-state index contributed by atoms with van der Waals surface area (Å²) >= 11 is 0. The van der Waals surface area contributed by atoms with Crippen molar-refractivity contribution >= 4 is 54.3 Å². The fraction of sp³-hybridized carbons (Fsp3) is 0. The van der Waals surface area contributed by atoms with Crippen molar-refractivity contribution in [2.24, 2.45) is 0 Å². The monoisotopic (exact) mass is 546 g/mol. The van der Waals surface area contributed by atoms with E-state index in [2.05, 4.69) is 158 Å². The summed E-state index contributed by atoms with van der Waals surface area (Å²) in [5.41, 5.74) is 9.05. The molecule has 0 amide bonds. The highest BCUT2D eigenvalue weighted by atomic mass is 16.3. The molecule has 0 atom stereocenters. The Balaban J connectivity index is 1.48. The molecule has 0 aliphatic heterocycles. The van der Waals surface area contributed by atoms with Gasteiger partial charge in [-0.05, 0) is 66.9 Å². The van der Waals surface area contributed by atoms with Gasteiger partial charge in [0.15, 0.2) is 0 Å². The number of hydrogen-bond donors (Lipinski definition) is 0. The highest BCUT2D eigenvalue weighted by Gasteiger charge is 2.22. The van der Waals surface area contributed by atoms with Gasteiger partial charge in [0.1, 0.15) is 11.2 Å². The lowest BCUT2D eigenvalue weighted by Gasteiger charge is -2.18. The van der Waals surface area contributed by atoms with Crippen molar-refractivity contribution < 1.29 is 4.42 Å². The van der Waals surface area contributed by atoms with Crippen molar-refractivity contribution in [3.05, 3.63) is 158 Å². The van der Waals surface area contributed by atoms with Crippen molar-refractivity contribution in [3.63, 3.8) is 0 Å². The molecule has 0 spiro atoms. The van der Waals surface area contributed by atoms with Crippen LogP contribution in [0.3, 0.4) is 0 Å². The van der Waals surface area contributed by atoms with Gasteiger partial charge in [0, 0.05) is 21.7 Å². The second kappa shape index (κ2) is 9.44. The van der Waals surface area contributed by atoms with Gasteiger partial charge in [0.05, 0.1) is 0 Å². The predicted molar refractivity (Wildman–Crippen MR) is 183 cm³/mol. The number of rotatable bonds is 3. The third-order valence-electron chi connectivity index (χ3n) is 8.86. The van der Waals surface area contributed by atoms with Gasteiger partial charge in [0.2, 0.25) is 0 Å². The van der Waals surface area contributed by atoms with Gasteiger partial charge in [-0.3, -0.25) is 0 Å². The first-order valence-corrected chi connectivity index (χ1v) is 14.8. The molecule has 9 rings (SSSR count). The SMILES string of the molecule is c1ccc(-c2c3ccccc3c(-c3ccc(-c4ccccc4)c4oc5c6ccccc6ccc5c34)c3ccccc23)cc1. The normalized spacial score (nSPS) is 11.7. The molecule has 8 aromatic carbocycles. The van der Waals surface area contributed by atoms with E-state index >= 15 is 0 Å². The maximum absolute atomic E-state index is 6.93. The van der Waals surface area contributed by atoms with E-state index in [-0.39, 0.29) is 0 Å². The molecule has 0 radical (unpaired) electrons. The standard InChI is InChI=1S/C42H26O/c1-3-13-27(14-4-1)31-25-26-36(40-37-24-23-28-15-7-8-18-30(28)41(37)43-42(31)40)39-34-21-11-9-19-32(34)38(29-16-5-2-6-17-29)33-20-10-12-22-35(33)39/h1-26H. The zero-order chi connectivity index (χ0) is 28.3. The smallest absolute Gasteiger partial charge is 0.143 e. The van der Waals surface area contributed by atoms with E-state index in [0.29, 0.717) is 0 Å². The first-order valence-electron chi connectivity index (χ1n) is 14.8. The quantitative estimate of drug-likeness (QED) is 0.201. The topological polar surface area (TPSA) is 13.1 Å². The summed E-state index contributed by atoms with van der Waals surface area (Å²) in [6, 6.07) is 56.6. The summed E-state index contributed by atoms with van der Waals surface area (Å²) in [4.78, 5) is 0. The van der Waals surface area contributed by atoms with Gasteiger partial charge in [-0.2, -0.15) is 0 Å². The lowest BCUT2D eigenvalue weighted by molar-refractivity contribution is 0.674. The second-order valence-electron chi connectivity index (χ2n) is 11.2. The average Bonchev–Trinajstić information content (AvgIpc) is 3.48. The van der Waals surface area contributed by atoms with Crippen LogP contribution in [0.25, 0.3) is 87.6 Å². The molecular weight excluding hydrogens is 520 g/mol. The molecule has 1 aromatic heterocycles. The van der Waals surface area contributed by atoms with Gasteiger partial charge in [-0.25, -0.2) is 0 Å². The maximum Gasteiger partial charge on any atom is 0.143 e. The Hall–Kier alpha value is -5.66. The predicted octanol–water partition coefficient (Wildman–Crippen LogP) is 12.0. The number of hydrogen-bond acceptors (Lipinski definition) is 1. The van der Waals surface area contributed by atoms with Crippen LogP contribution in [-0.4, -0.2) is 0 Å². The van der Waals surface area contributed by atoms with E-state index in [1.165, 1.54) is 49.2 Å². The molecule has 0 aliphatic carbocycles. The molecule has 0 saturated heterocycles. The van der Waals surface area contributed by atoms with Gasteiger partial charge in [-0.1, -0.05) is 146 Å². The number of benzene rings is 8. The zero-order valence-corrected chi connectivity index (χ0v) is 23.4. The molecular formula is C42H26O. The summed E-state index contributed by atoms with van der Waals surface area (Å²) in [6.07, 6.45) is 0. The van der Waals surface area contributed by atoms with Crippen LogP contribution in [0.15, 0.2) is 162 Å². The van der Waals surface area contributed by atoms with E-state index in [1.807, 2.05) is 0 Å². The van der Waals surface area contributed by atoms with Gasteiger partial charge < -0.3 is 4.42 Å². The van der Waals surface area contributed by atoms with Crippen molar-refractivity contribution in [1.29, 1.82) is 0 Å². The minimum absolute atomic E-state index is 0.926. The zero-order valence-electron chi connectivity index (χ0n) is 23.4. The molecule has 200 valence electrons. The van der Waals surface area contributed by atoms with Crippen LogP contribution in [0.2, 0.25) is 0 Å². The third-order valence-corrected chi connectivity index (χ3v) is 8.86. The van der Waals surface area contributed by atoms with Crippen molar-refractivity contribution in [2.45, 2.75) is 0 Å². The Kier molecular flexibility index (Phi) is 5.27. The van der Waals surface area contributed by atoms with Gasteiger partial charge in [-0.15, -0.1) is 0 Å². The molecule has 0 fully saturated rings. The van der Waals surface area contributed by atoms with Crippen LogP contribution in [0.1, 0.15) is 0 Å². The molecule has 0 saturated carbocycles. The first-order chi connectivity index (χ1) is 21.4. The summed E-state index contributed by atoms with van der Waals surface area (Å²) in [6.45, 7) is 0. The maximum atomic E-state index is 6.93. The molecule has 1 nitrogen and oxygen atoms in total. The highest BCUT2D eigenvalue weighted by molar-refractivity contribution is 6.28. The van der Waals surface area contributed by atoms with E-state index in [0.717, 1.165) is 38.5 Å². The van der Waals surface area contributed by atoms with Crippen LogP contribution < -0.4 is 0 Å². The highest BCUT2D eigenvalue weighted by Crippen LogP contribution is 2.49. The van der Waals surface area contributed by atoms with Crippen molar-refractivity contribution in [1.82, 2.24) is 0 Å². The molecule has 0 bridgehead atoms. The molecule has 9 aromatic rings. The average molecular weight is 547 g/mol. The molecule has 1 heteroatoms. The van der Waals surface area contributed by atoms with Crippen LogP contribution in [0.4, 0.5) is 0 Å². The van der Waals surface area contributed by atoms with E-state index in [1.54, 1.807) is 0 Å². The Labute approximate surface area is 249 Å². The first kappa shape index (κ1) is 24.0. The Morgan fingerprint density at radius 3 is 1.47 bits per heavy atom. The Bertz CT molecular complexity index is 2430. The second-order valence-corrected chi connectivity index (χ2v) is 11.2. The summed E-state index contributed by atoms with van der Waals surface area (Å²) < 4.78 is 6.93. The summed E-state index contributed by atoms with van der Waals surface area (Å²) in [7, 11) is 0. The van der Waals surface area contributed by atoms with E-state index < -0.39 is 0 Å². The number of fused-ring (bicyclic) bond motifs is 7. The molecule has 1 heterocycles. The minimum Gasteiger partial charge on any atom is -0.455 e. The molecule has 0 N–H and O–H groups in total. The van der Waals surface area contributed by atoms with E-state index in [4.69, 9.17) is 4.42 Å². The van der Waals surface area contributed by atoms with Crippen LogP contribution >= 0.6 is 0 Å². The van der Waals surface area contributed by atoms with Crippen LogP contribution in [0.5, 0.6) is 0 Å². The van der Waals surface area contributed by atoms with Gasteiger partial charge in [0.25, 0.3) is 0 Å². The van der Waals surface area contributed by atoms with E-state index in [9.17, 15) is 0 Å². The summed E-state index contributed by atoms with van der Waals surface area (Å²) in [5, 5.41) is 9.59. The molecule has 0 aliphatic rings. The largest absolute Gasteiger partial charge is 0.455 e. The Morgan fingerprint density at radius 1 is 0.302 bits per heavy atom. The molecule has 0 unspecified atom stereocenters. The fourth-order valence-corrected chi connectivity index (χ4v) is 7.00. The van der Waals surface area contributed by atoms with Crippen molar-refractivity contribution in [3.8, 4) is 33.4 Å². The lowest BCUT2D eigenvalue weighted by atomic mass is 9.84. The van der Waals surface area contributed by atoms with Gasteiger partial charge >= 0.3 is 0 Å². The number of furan rings is 1. The molecule has 43 heavy (non-hydrogen) atoms. The third kappa shape index (κ3) is 3.58. The summed E-state index contributed by atoms with van der Waals surface area (Å²) in [5.74, 6) is 0. The van der Waals surface area contributed by atoms with Crippen molar-refractivity contribution in [2.75, 3.05) is 0 Å².